The van der Waals surface area contributed by atoms with Gasteiger partial charge in [-0.15, -0.1) is 0 Å². The molecule has 0 saturated carbocycles. The molecule has 0 fully saturated rings. The van der Waals surface area contributed by atoms with Crippen LogP contribution in [0.1, 0.15) is 0 Å². The average Bonchev–Trinajstić information content (AvgIpc) is 2.77. The molecule has 0 aliphatic rings. The van der Waals surface area contributed by atoms with E-state index in [0.29, 0.717) is 0 Å². The van der Waals surface area contributed by atoms with Gasteiger partial charge in [0.2, 0.25) is 0 Å². The second-order valence-electron chi connectivity index (χ2n) is 2.89. The molecule has 0 unspecified atom stereocenters. The van der Waals surface area contributed by atoms with Crippen molar-refractivity contribution in [2.45, 2.75) is 10.1 Å². The van der Waals surface area contributed by atoms with Crippen LogP contribution in [0.3, 0.4) is 0 Å². The summed E-state index contributed by atoms with van der Waals surface area (Å²) >= 11 is 1.20. The van der Waals surface area contributed by atoms with Crippen molar-refractivity contribution in [3.8, 4) is 6.08 Å². The van der Waals surface area contributed by atoms with Gasteiger partial charge in [0.25, 0.3) is 5.22 Å². The molecule has 8 heteroatoms. The number of hydrogen-bond donors (Lipinski definition) is 0. The van der Waals surface area contributed by atoms with Crippen molar-refractivity contribution in [3.05, 3.63) is 30.3 Å². The molecule has 0 N–H and O–H groups in total. The number of aromatic nitrogens is 2. The van der Waals surface area contributed by atoms with Crippen molar-refractivity contribution in [3.63, 3.8) is 0 Å². The quantitative estimate of drug-likeness (QED) is 0.617. The van der Waals surface area contributed by atoms with Gasteiger partial charge in [-0.25, -0.2) is 0 Å². The summed E-state index contributed by atoms with van der Waals surface area (Å²) in [7, 11) is -3.91. The Morgan fingerprint density at radius 1 is 1.24 bits per heavy atom. The minimum atomic E-state index is -3.91. The highest BCUT2D eigenvalue weighted by atomic mass is 32.2. The van der Waals surface area contributed by atoms with Crippen molar-refractivity contribution in [1.82, 2.24) is 10.2 Å². The lowest BCUT2D eigenvalue weighted by Gasteiger charge is -2.01. The normalized spacial score (nSPS) is 11.4. The van der Waals surface area contributed by atoms with Crippen LogP contribution in [0.4, 0.5) is 0 Å². The molecule has 0 saturated heterocycles. The summed E-state index contributed by atoms with van der Waals surface area (Å²) < 4.78 is 33.1. The van der Waals surface area contributed by atoms with Crippen molar-refractivity contribution < 1.29 is 17.0 Å². The maximum atomic E-state index is 11.7. The first kappa shape index (κ1) is 11.9. The van der Waals surface area contributed by atoms with Crippen molar-refractivity contribution >= 4 is 21.9 Å². The van der Waals surface area contributed by atoms with Gasteiger partial charge in [-0.2, -0.15) is 8.42 Å². The van der Waals surface area contributed by atoms with Gasteiger partial charge < -0.3 is 8.60 Å². The molecular formula is C9H8N2O4S2. The van der Waals surface area contributed by atoms with Crippen LogP contribution in [0.2, 0.25) is 0 Å². The fraction of sp³-hybridized carbons (Fsp3) is 0.111. The topological polar surface area (TPSA) is 82.3 Å². The molecule has 0 aliphatic carbocycles. The molecular weight excluding hydrogens is 264 g/mol. The summed E-state index contributed by atoms with van der Waals surface area (Å²) in [4.78, 5) is 0.0314. The lowest BCUT2D eigenvalue weighted by Crippen LogP contribution is -2.09. The maximum absolute atomic E-state index is 11.7. The van der Waals surface area contributed by atoms with Crippen LogP contribution in [0.5, 0.6) is 6.08 Å². The molecule has 1 aromatic carbocycles. The van der Waals surface area contributed by atoms with E-state index in [4.69, 9.17) is 4.42 Å². The van der Waals surface area contributed by atoms with E-state index in [1.165, 1.54) is 23.9 Å². The standard InChI is InChI=1S/C9H8N2O4S2/c1-16-9-11-10-8(14-9)15-17(12,13)7-5-3-2-4-6-7/h2-6H,1H3. The monoisotopic (exact) mass is 272 g/mol. The van der Waals surface area contributed by atoms with Gasteiger partial charge in [0, 0.05) is 0 Å². The van der Waals surface area contributed by atoms with Gasteiger partial charge in [0.1, 0.15) is 4.90 Å². The minimum absolute atomic E-state index is 0.0314. The number of nitrogens with zero attached hydrogens (tertiary/aromatic N) is 2. The second kappa shape index (κ2) is 4.76. The van der Waals surface area contributed by atoms with E-state index < -0.39 is 16.2 Å². The fourth-order valence-electron chi connectivity index (χ4n) is 1.04. The van der Waals surface area contributed by atoms with E-state index in [1.807, 2.05) is 0 Å². The summed E-state index contributed by atoms with van der Waals surface area (Å²) in [6.45, 7) is 0. The summed E-state index contributed by atoms with van der Waals surface area (Å²) in [6, 6.07) is 7.73. The van der Waals surface area contributed by atoms with E-state index in [1.54, 1.807) is 24.5 Å². The molecule has 1 aromatic heterocycles. The van der Waals surface area contributed by atoms with Crippen molar-refractivity contribution in [2.24, 2.45) is 0 Å². The third-order valence-electron chi connectivity index (χ3n) is 1.78. The number of benzene rings is 1. The fourth-order valence-corrected chi connectivity index (χ4v) is 2.16. The Hall–Kier alpha value is -1.54. The molecule has 0 bridgehead atoms. The van der Waals surface area contributed by atoms with Crippen molar-refractivity contribution in [2.75, 3.05) is 6.26 Å². The molecule has 2 aromatic rings. The van der Waals surface area contributed by atoms with E-state index >= 15 is 0 Å². The zero-order valence-corrected chi connectivity index (χ0v) is 10.4. The zero-order chi connectivity index (χ0) is 12.3. The molecule has 0 amide bonds. The summed E-state index contributed by atoms with van der Waals surface area (Å²) in [5.41, 5.74) is 0. The lowest BCUT2D eigenvalue weighted by molar-refractivity contribution is 0.333. The Kier molecular flexibility index (Phi) is 3.34. The van der Waals surface area contributed by atoms with Gasteiger partial charge in [0.05, 0.1) is 0 Å². The molecule has 0 atom stereocenters. The molecule has 90 valence electrons. The first-order valence-corrected chi connectivity index (χ1v) is 7.12. The smallest absolute Gasteiger partial charge is 0.382 e. The van der Waals surface area contributed by atoms with Gasteiger partial charge in [-0.3, -0.25) is 0 Å². The Morgan fingerprint density at radius 3 is 2.53 bits per heavy atom. The Balaban J connectivity index is 2.24. The SMILES string of the molecule is CSc1nnc(OS(=O)(=O)c2ccccc2)o1. The van der Waals surface area contributed by atoms with Gasteiger partial charge in [-0.05, 0) is 18.4 Å². The molecule has 0 aliphatic heterocycles. The number of hydrogen-bond acceptors (Lipinski definition) is 7. The second-order valence-corrected chi connectivity index (χ2v) is 5.19. The molecule has 2 rings (SSSR count). The first-order valence-electron chi connectivity index (χ1n) is 4.49. The molecule has 6 nitrogen and oxygen atoms in total. The molecule has 0 spiro atoms. The largest absolute Gasteiger partial charge is 0.431 e. The van der Waals surface area contributed by atoms with Gasteiger partial charge in [-0.1, -0.05) is 40.2 Å². The van der Waals surface area contributed by atoms with Gasteiger partial charge >= 0.3 is 16.2 Å². The maximum Gasteiger partial charge on any atom is 0.431 e. The Bertz CT molecular complexity index is 594. The zero-order valence-electron chi connectivity index (χ0n) is 8.73. The Morgan fingerprint density at radius 2 is 1.94 bits per heavy atom. The third kappa shape index (κ3) is 2.77. The predicted octanol–water partition coefficient (Wildman–Crippen LogP) is 1.56. The Labute approximate surface area is 102 Å². The third-order valence-corrected chi connectivity index (χ3v) is 3.50. The van der Waals surface area contributed by atoms with Crippen LogP contribution in [-0.2, 0) is 10.1 Å². The van der Waals surface area contributed by atoms with Crippen LogP contribution >= 0.6 is 11.8 Å². The van der Waals surface area contributed by atoms with E-state index in [2.05, 4.69) is 14.4 Å². The number of thioether (sulfide) groups is 1. The van der Waals surface area contributed by atoms with E-state index in [-0.39, 0.29) is 10.1 Å². The van der Waals surface area contributed by atoms with Crippen LogP contribution in [0.15, 0.2) is 44.9 Å². The minimum Gasteiger partial charge on any atom is -0.382 e. The lowest BCUT2D eigenvalue weighted by atomic mass is 10.4. The summed E-state index contributed by atoms with van der Waals surface area (Å²) in [5.74, 6) is 0. The van der Waals surface area contributed by atoms with Gasteiger partial charge in [0.15, 0.2) is 0 Å². The number of rotatable bonds is 4. The molecule has 17 heavy (non-hydrogen) atoms. The highest BCUT2D eigenvalue weighted by Gasteiger charge is 2.19. The average molecular weight is 272 g/mol. The predicted molar refractivity (Wildman–Crippen MR) is 60.3 cm³/mol. The van der Waals surface area contributed by atoms with Crippen molar-refractivity contribution in [1.29, 1.82) is 0 Å². The van der Waals surface area contributed by atoms with E-state index in [0.717, 1.165) is 0 Å². The highest BCUT2D eigenvalue weighted by molar-refractivity contribution is 7.98. The molecule has 0 radical (unpaired) electrons. The summed E-state index contributed by atoms with van der Waals surface area (Å²) in [5, 5.41) is 7.27. The highest BCUT2D eigenvalue weighted by Crippen LogP contribution is 2.20. The summed E-state index contributed by atoms with van der Waals surface area (Å²) in [6.07, 6.45) is 1.33. The van der Waals surface area contributed by atoms with Crippen LogP contribution in [-0.4, -0.2) is 24.9 Å². The van der Waals surface area contributed by atoms with Crippen LogP contribution in [0, 0.1) is 0 Å². The van der Waals surface area contributed by atoms with Crippen LogP contribution in [0.25, 0.3) is 0 Å². The van der Waals surface area contributed by atoms with E-state index in [9.17, 15) is 8.42 Å². The van der Waals surface area contributed by atoms with Crippen LogP contribution < -0.4 is 4.18 Å². The first-order chi connectivity index (χ1) is 8.12. The molecule has 1 heterocycles.